The lowest BCUT2D eigenvalue weighted by Gasteiger charge is -2.16. The van der Waals surface area contributed by atoms with Crippen molar-refractivity contribution in [3.05, 3.63) is 54.6 Å². The number of amides is 4. The predicted octanol–water partition coefficient (Wildman–Crippen LogP) is 2.42. The van der Waals surface area contributed by atoms with Gasteiger partial charge in [-0.25, -0.2) is 0 Å². The molecule has 6 nitrogen and oxygen atoms in total. The predicted molar refractivity (Wildman–Crippen MR) is 112 cm³/mol. The van der Waals surface area contributed by atoms with Gasteiger partial charge in [-0.2, -0.15) is 0 Å². The molecule has 2 aliphatic heterocycles. The number of carbonyl (C=O) groups is 4. The Kier molecular flexibility index (Phi) is 3.92. The number of anilines is 1. The lowest BCUT2D eigenvalue weighted by Crippen LogP contribution is -2.32. The third kappa shape index (κ3) is 2.45. The molecule has 1 aromatic carbocycles. The van der Waals surface area contributed by atoms with E-state index in [1.807, 2.05) is 30.3 Å². The molecule has 2 saturated heterocycles. The second-order valence-corrected chi connectivity index (χ2v) is 9.58. The second kappa shape index (κ2) is 6.49. The van der Waals surface area contributed by atoms with E-state index in [0.29, 0.717) is 17.5 Å². The molecule has 4 amide bonds. The number of hydrogen-bond donors (Lipinski definition) is 0. The number of likely N-dealkylation sites (tertiary alicyclic amines) is 1. The fraction of sp³-hybridized carbons (Fsp3) is 0.440. The van der Waals surface area contributed by atoms with Crippen LogP contribution in [0.2, 0.25) is 0 Å². The summed E-state index contributed by atoms with van der Waals surface area (Å²) in [5, 5.41) is 0. The van der Waals surface area contributed by atoms with E-state index < -0.39 is 0 Å². The lowest BCUT2D eigenvalue weighted by atomic mass is 9.85. The fourth-order valence-electron chi connectivity index (χ4n) is 6.79. The Bertz CT molecular complexity index is 1000. The Morgan fingerprint density at radius 1 is 0.613 bits per heavy atom. The minimum atomic E-state index is -0.104. The van der Waals surface area contributed by atoms with Gasteiger partial charge in [0, 0.05) is 7.05 Å². The molecular weight excluding hydrogens is 392 g/mol. The van der Waals surface area contributed by atoms with Crippen molar-refractivity contribution in [2.75, 3.05) is 11.9 Å². The van der Waals surface area contributed by atoms with Crippen LogP contribution in [0.1, 0.15) is 12.8 Å². The zero-order chi connectivity index (χ0) is 21.4. The highest BCUT2D eigenvalue weighted by Crippen LogP contribution is 2.53. The normalized spacial score (nSPS) is 40.7. The highest BCUT2D eigenvalue weighted by Gasteiger charge is 2.60. The highest BCUT2D eigenvalue weighted by atomic mass is 16.2. The van der Waals surface area contributed by atoms with E-state index in [2.05, 4.69) is 24.3 Å². The Labute approximate surface area is 180 Å². The quantitative estimate of drug-likeness (QED) is 0.521. The molecule has 7 rings (SSSR count). The van der Waals surface area contributed by atoms with Crippen LogP contribution in [-0.4, -0.2) is 35.6 Å². The van der Waals surface area contributed by atoms with Crippen LogP contribution in [0.15, 0.2) is 54.6 Å². The Balaban J connectivity index is 0.000000126. The number of carbonyl (C=O) groups excluding carboxylic acids is 4. The third-order valence-electron chi connectivity index (χ3n) is 8.18. The van der Waals surface area contributed by atoms with Gasteiger partial charge >= 0.3 is 0 Å². The minimum Gasteiger partial charge on any atom is -0.285 e. The summed E-state index contributed by atoms with van der Waals surface area (Å²) in [5.41, 5.74) is 0.710. The smallest absolute Gasteiger partial charge is 0.238 e. The van der Waals surface area contributed by atoms with E-state index in [0.717, 1.165) is 12.8 Å². The molecule has 2 saturated carbocycles. The number of imide groups is 2. The van der Waals surface area contributed by atoms with Crippen molar-refractivity contribution in [1.82, 2.24) is 4.90 Å². The number of fused-ring (bicyclic) bond motifs is 10. The van der Waals surface area contributed by atoms with Gasteiger partial charge in [0.05, 0.1) is 29.4 Å². The SMILES string of the molecule is CN1C(=O)C2C3C=CC(C3)C2C1=O.O=C1C2C3C=CC(C3)C2C(=O)N1c1ccccc1. The third-order valence-corrected chi connectivity index (χ3v) is 8.18. The zero-order valence-corrected chi connectivity index (χ0v) is 17.3. The van der Waals surface area contributed by atoms with Gasteiger partial charge < -0.3 is 0 Å². The second-order valence-electron chi connectivity index (χ2n) is 9.58. The summed E-state index contributed by atoms with van der Waals surface area (Å²) in [5.74, 6) is 1.06. The maximum atomic E-state index is 12.5. The average molecular weight is 416 g/mol. The zero-order valence-electron chi connectivity index (χ0n) is 17.3. The summed E-state index contributed by atoms with van der Waals surface area (Å²) in [6.07, 6.45) is 10.4. The molecule has 2 heterocycles. The van der Waals surface area contributed by atoms with Gasteiger partial charge in [0.15, 0.2) is 0 Å². The van der Waals surface area contributed by atoms with Crippen LogP contribution in [0.4, 0.5) is 5.69 Å². The molecule has 0 spiro atoms. The van der Waals surface area contributed by atoms with Crippen LogP contribution in [0.3, 0.4) is 0 Å². The fourth-order valence-corrected chi connectivity index (χ4v) is 6.79. The Hall–Kier alpha value is -3.02. The number of nitrogens with zero attached hydrogens (tertiary/aromatic N) is 2. The van der Waals surface area contributed by atoms with Crippen LogP contribution in [-0.2, 0) is 19.2 Å². The maximum absolute atomic E-state index is 12.5. The van der Waals surface area contributed by atoms with Gasteiger partial charge in [0.2, 0.25) is 23.6 Å². The summed E-state index contributed by atoms with van der Waals surface area (Å²) in [4.78, 5) is 50.9. The van der Waals surface area contributed by atoms with Crippen LogP contribution in [0, 0.1) is 47.3 Å². The topological polar surface area (TPSA) is 74.8 Å². The van der Waals surface area contributed by atoms with E-state index in [1.165, 1.54) is 9.80 Å². The van der Waals surface area contributed by atoms with Crippen molar-refractivity contribution >= 4 is 29.3 Å². The first-order valence-corrected chi connectivity index (χ1v) is 11.1. The molecule has 6 heteroatoms. The first-order valence-electron chi connectivity index (χ1n) is 11.1. The number of benzene rings is 1. The van der Waals surface area contributed by atoms with Gasteiger partial charge in [0.25, 0.3) is 0 Å². The number of allylic oxidation sites excluding steroid dienone is 4. The number of para-hydroxylation sites is 1. The number of rotatable bonds is 1. The van der Waals surface area contributed by atoms with Crippen molar-refractivity contribution in [2.45, 2.75) is 12.8 Å². The van der Waals surface area contributed by atoms with E-state index >= 15 is 0 Å². The molecule has 158 valence electrons. The van der Waals surface area contributed by atoms with Crippen molar-refractivity contribution in [3.8, 4) is 0 Å². The Morgan fingerprint density at radius 2 is 1.00 bits per heavy atom. The summed E-state index contributed by atoms with van der Waals surface area (Å²) in [6.45, 7) is 0. The van der Waals surface area contributed by atoms with Gasteiger partial charge in [-0.05, 0) is 48.6 Å². The molecule has 1 aromatic rings. The van der Waals surface area contributed by atoms with E-state index in [4.69, 9.17) is 0 Å². The first kappa shape index (κ1) is 18.7. The summed E-state index contributed by atoms with van der Waals surface area (Å²) < 4.78 is 0. The van der Waals surface area contributed by atoms with Crippen molar-refractivity contribution in [3.63, 3.8) is 0 Å². The van der Waals surface area contributed by atoms with Crippen LogP contribution < -0.4 is 4.90 Å². The van der Waals surface area contributed by atoms with Crippen LogP contribution >= 0.6 is 0 Å². The van der Waals surface area contributed by atoms with Gasteiger partial charge in [-0.3, -0.25) is 29.0 Å². The van der Waals surface area contributed by atoms with Gasteiger partial charge in [-0.1, -0.05) is 42.5 Å². The molecule has 0 radical (unpaired) electrons. The largest absolute Gasteiger partial charge is 0.285 e. The molecule has 4 fully saturated rings. The molecule has 0 aromatic heterocycles. The molecule has 6 aliphatic rings. The molecule has 8 unspecified atom stereocenters. The average Bonchev–Trinajstić information content (AvgIpc) is 3.61. The molecule has 31 heavy (non-hydrogen) atoms. The first-order chi connectivity index (χ1) is 15.0. The van der Waals surface area contributed by atoms with E-state index in [1.54, 1.807) is 7.05 Å². The van der Waals surface area contributed by atoms with Gasteiger partial charge in [-0.15, -0.1) is 0 Å². The summed E-state index contributed by atoms with van der Waals surface area (Å²) in [6, 6.07) is 9.26. The number of hydrogen-bond acceptors (Lipinski definition) is 4. The minimum absolute atomic E-state index is 0.00644. The van der Waals surface area contributed by atoms with Crippen LogP contribution in [0.25, 0.3) is 0 Å². The molecule has 4 bridgehead atoms. The van der Waals surface area contributed by atoms with E-state index in [9.17, 15) is 19.2 Å². The lowest BCUT2D eigenvalue weighted by molar-refractivity contribution is -0.139. The van der Waals surface area contributed by atoms with Crippen molar-refractivity contribution in [1.29, 1.82) is 0 Å². The van der Waals surface area contributed by atoms with Crippen molar-refractivity contribution in [2.24, 2.45) is 47.3 Å². The summed E-state index contributed by atoms with van der Waals surface area (Å²) >= 11 is 0. The maximum Gasteiger partial charge on any atom is 0.238 e. The highest BCUT2D eigenvalue weighted by molar-refractivity contribution is 6.22. The molecule has 8 atom stereocenters. The Morgan fingerprint density at radius 3 is 1.42 bits per heavy atom. The standard InChI is InChI=1S/C15H13NO2.C10H11NO2/c17-14-12-9-6-7-10(8-9)13(12)15(18)16(14)11-4-2-1-3-5-11;1-11-9(12)7-5-2-3-6(4-5)8(7)10(11)13/h1-7,9-10,12-13H,8H2;2-3,5-8H,4H2,1H3. The van der Waals surface area contributed by atoms with Gasteiger partial charge in [0.1, 0.15) is 0 Å². The molecule has 4 aliphatic carbocycles. The van der Waals surface area contributed by atoms with Crippen LogP contribution in [0.5, 0.6) is 0 Å². The summed E-state index contributed by atoms with van der Waals surface area (Å²) in [7, 11) is 1.60. The van der Waals surface area contributed by atoms with E-state index in [-0.39, 0.29) is 59.1 Å². The molecular formula is C25H24N2O4. The molecule has 0 N–H and O–H groups in total. The van der Waals surface area contributed by atoms with Crippen molar-refractivity contribution < 1.29 is 19.2 Å². The monoisotopic (exact) mass is 416 g/mol.